The first-order valence-corrected chi connectivity index (χ1v) is 9.20. The third-order valence-corrected chi connectivity index (χ3v) is 5.36. The molecule has 0 fully saturated rings. The van der Waals surface area contributed by atoms with Gasteiger partial charge in [-0.15, -0.1) is 5.10 Å². The van der Waals surface area contributed by atoms with Crippen molar-refractivity contribution in [1.82, 2.24) is 15.0 Å². The molecule has 2 aromatic carbocycles. The zero-order valence-electron chi connectivity index (χ0n) is 14.5. The zero-order chi connectivity index (χ0) is 18.1. The topological polar surface area (TPSA) is 68.0 Å². The second kappa shape index (κ2) is 6.96. The fourth-order valence-corrected chi connectivity index (χ4v) is 3.86. The van der Waals surface area contributed by atoms with Crippen LogP contribution < -0.4 is 0 Å². The molecule has 0 saturated carbocycles. The number of nitrogens with zero attached hydrogens (tertiary/aromatic N) is 3. The second-order valence-corrected chi connectivity index (χ2v) is 6.89. The number of fused-ring (bicyclic) bond motifs is 1. The van der Waals surface area contributed by atoms with Gasteiger partial charge in [0.25, 0.3) is 0 Å². The van der Waals surface area contributed by atoms with Gasteiger partial charge >= 0.3 is 5.97 Å². The van der Waals surface area contributed by atoms with E-state index in [1.54, 1.807) is 4.68 Å². The van der Waals surface area contributed by atoms with Crippen LogP contribution in [0.5, 0.6) is 0 Å². The molecule has 1 atom stereocenters. The standard InChI is InChI=1S/C19H20BrN3O2/c1-11-4-5-13(8-14(11)10-20)16(9-18(24)25)15-6-7-17-19(12(15)2)21-22-23(17)3/h4-8,16H,9-10H2,1-3H3,(H,24,25). The molecule has 0 radical (unpaired) electrons. The maximum atomic E-state index is 11.5. The Morgan fingerprint density at radius 2 is 2.04 bits per heavy atom. The van der Waals surface area contributed by atoms with Gasteiger partial charge in [0.1, 0.15) is 5.52 Å². The third-order valence-electron chi connectivity index (χ3n) is 4.75. The highest BCUT2D eigenvalue weighted by Gasteiger charge is 2.22. The Bertz CT molecular complexity index is 949. The number of halogens is 1. The maximum Gasteiger partial charge on any atom is 0.304 e. The number of aromatic nitrogens is 3. The van der Waals surface area contributed by atoms with E-state index in [1.807, 2.05) is 32.2 Å². The predicted molar refractivity (Wildman–Crippen MR) is 101 cm³/mol. The van der Waals surface area contributed by atoms with Gasteiger partial charge in [-0.05, 0) is 47.7 Å². The van der Waals surface area contributed by atoms with Gasteiger partial charge in [0.2, 0.25) is 0 Å². The summed E-state index contributed by atoms with van der Waals surface area (Å²) >= 11 is 3.51. The van der Waals surface area contributed by atoms with Crippen LogP contribution in [-0.2, 0) is 17.2 Å². The van der Waals surface area contributed by atoms with Crippen molar-refractivity contribution in [2.75, 3.05) is 0 Å². The largest absolute Gasteiger partial charge is 0.481 e. The number of aryl methyl sites for hydroxylation is 3. The van der Waals surface area contributed by atoms with Crippen molar-refractivity contribution in [3.8, 4) is 0 Å². The van der Waals surface area contributed by atoms with Crippen LogP contribution in [-0.4, -0.2) is 26.1 Å². The molecule has 0 aliphatic heterocycles. The second-order valence-electron chi connectivity index (χ2n) is 6.33. The third kappa shape index (κ3) is 3.31. The van der Waals surface area contributed by atoms with Gasteiger partial charge in [0, 0.05) is 18.3 Å². The molecule has 1 aromatic heterocycles. The van der Waals surface area contributed by atoms with Gasteiger partial charge in [-0.1, -0.05) is 45.4 Å². The van der Waals surface area contributed by atoms with Crippen molar-refractivity contribution in [3.63, 3.8) is 0 Å². The molecule has 25 heavy (non-hydrogen) atoms. The van der Waals surface area contributed by atoms with Gasteiger partial charge in [-0.2, -0.15) is 0 Å². The molecule has 0 bridgehead atoms. The summed E-state index contributed by atoms with van der Waals surface area (Å²) < 4.78 is 1.73. The van der Waals surface area contributed by atoms with E-state index in [9.17, 15) is 9.90 Å². The van der Waals surface area contributed by atoms with Crippen LogP contribution >= 0.6 is 15.9 Å². The lowest BCUT2D eigenvalue weighted by molar-refractivity contribution is -0.137. The Morgan fingerprint density at radius 3 is 2.72 bits per heavy atom. The van der Waals surface area contributed by atoms with E-state index in [4.69, 9.17) is 0 Å². The molecule has 3 rings (SSSR count). The number of carboxylic acid groups (broad SMARTS) is 1. The molecule has 6 heteroatoms. The fourth-order valence-electron chi connectivity index (χ4n) is 3.26. The number of carbonyl (C=O) groups is 1. The monoisotopic (exact) mass is 401 g/mol. The van der Waals surface area contributed by atoms with E-state index >= 15 is 0 Å². The maximum absolute atomic E-state index is 11.5. The Hall–Kier alpha value is -2.21. The number of benzene rings is 2. The van der Waals surface area contributed by atoms with Crippen LogP contribution in [0.1, 0.15) is 40.2 Å². The van der Waals surface area contributed by atoms with Crippen LogP contribution in [0.15, 0.2) is 30.3 Å². The van der Waals surface area contributed by atoms with Crippen LogP contribution in [0.2, 0.25) is 0 Å². The predicted octanol–water partition coefficient (Wildman–Crippen LogP) is 4.09. The number of hydrogen-bond acceptors (Lipinski definition) is 3. The molecule has 1 N–H and O–H groups in total. The first-order valence-electron chi connectivity index (χ1n) is 8.08. The molecule has 0 aliphatic carbocycles. The number of carboxylic acids is 1. The molecule has 0 saturated heterocycles. The highest BCUT2D eigenvalue weighted by atomic mass is 79.9. The highest BCUT2D eigenvalue weighted by Crippen LogP contribution is 2.34. The quantitative estimate of drug-likeness (QED) is 0.653. The van der Waals surface area contributed by atoms with Crippen molar-refractivity contribution < 1.29 is 9.90 Å². The van der Waals surface area contributed by atoms with E-state index in [-0.39, 0.29) is 12.3 Å². The highest BCUT2D eigenvalue weighted by molar-refractivity contribution is 9.08. The van der Waals surface area contributed by atoms with Crippen LogP contribution in [0.3, 0.4) is 0 Å². The molecular weight excluding hydrogens is 382 g/mol. The minimum atomic E-state index is -0.815. The van der Waals surface area contributed by atoms with Crippen molar-refractivity contribution in [2.24, 2.45) is 7.05 Å². The average Bonchev–Trinajstić information content (AvgIpc) is 2.96. The molecule has 1 heterocycles. The number of aliphatic carboxylic acids is 1. The Morgan fingerprint density at radius 1 is 1.28 bits per heavy atom. The van der Waals surface area contributed by atoms with Gasteiger partial charge in [0.15, 0.2) is 0 Å². The summed E-state index contributed by atoms with van der Waals surface area (Å²) in [7, 11) is 1.85. The summed E-state index contributed by atoms with van der Waals surface area (Å²) in [5.41, 5.74) is 7.11. The number of alkyl halides is 1. The molecule has 130 valence electrons. The van der Waals surface area contributed by atoms with Crippen LogP contribution in [0.25, 0.3) is 11.0 Å². The Kier molecular flexibility index (Phi) is 4.90. The fraction of sp³-hybridized carbons (Fsp3) is 0.316. The van der Waals surface area contributed by atoms with Crippen molar-refractivity contribution in [2.45, 2.75) is 31.5 Å². The first-order chi connectivity index (χ1) is 11.9. The van der Waals surface area contributed by atoms with E-state index in [0.717, 1.165) is 33.1 Å². The SMILES string of the molecule is Cc1ccc(C(CC(=O)O)c2ccc3c(nnn3C)c2C)cc1CBr. The van der Waals surface area contributed by atoms with Gasteiger partial charge in [0.05, 0.1) is 11.9 Å². The van der Waals surface area contributed by atoms with E-state index in [2.05, 4.69) is 45.3 Å². The van der Waals surface area contributed by atoms with E-state index in [0.29, 0.717) is 0 Å². The Balaban J connectivity index is 2.16. The lowest BCUT2D eigenvalue weighted by Crippen LogP contribution is -2.10. The van der Waals surface area contributed by atoms with Gasteiger partial charge in [-0.3, -0.25) is 4.79 Å². The molecule has 5 nitrogen and oxygen atoms in total. The number of rotatable bonds is 5. The Labute approximate surface area is 154 Å². The summed E-state index contributed by atoms with van der Waals surface area (Å²) in [6, 6.07) is 10.1. The lowest BCUT2D eigenvalue weighted by atomic mass is 9.84. The van der Waals surface area contributed by atoms with Gasteiger partial charge in [-0.25, -0.2) is 4.68 Å². The summed E-state index contributed by atoms with van der Waals surface area (Å²) in [5, 5.41) is 18.5. The minimum absolute atomic E-state index is 0.0391. The summed E-state index contributed by atoms with van der Waals surface area (Å²) in [6.07, 6.45) is 0.0391. The molecule has 0 amide bonds. The molecule has 1 unspecified atom stereocenters. The van der Waals surface area contributed by atoms with Crippen molar-refractivity contribution in [1.29, 1.82) is 0 Å². The number of hydrogen-bond donors (Lipinski definition) is 1. The summed E-state index contributed by atoms with van der Waals surface area (Å²) in [4.78, 5) is 11.5. The average molecular weight is 402 g/mol. The lowest BCUT2D eigenvalue weighted by Gasteiger charge is -2.20. The zero-order valence-corrected chi connectivity index (χ0v) is 16.0. The summed E-state index contributed by atoms with van der Waals surface area (Å²) in [6.45, 7) is 4.05. The van der Waals surface area contributed by atoms with Gasteiger partial charge < -0.3 is 5.11 Å². The molecule has 3 aromatic rings. The first kappa shape index (κ1) is 17.6. The van der Waals surface area contributed by atoms with Crippen LogP contribution in [0.4, 0.5) is 0 Å². The smallest absolute Gasteiger partial charge is 0.304 e. The molecule has 0 spiro atoms. The molecule has 0 aliphatic rings. The summed E-state index contributed by atoms with van der Waals surface area (Å²) in [5.74, 6) is -1.04. The van der Waals surface area contributed by atoms with E-state index in [1.165, 1.54) is 11.1 Å². The normalized spacial score (nSPS) is 12.5. The van der Waals surface area contributed by atoms with Crippen molar-refractivity contribution in [3.05, 3.63) is 58.1 Å². The molecular formula is C19H20BrN3O2. The van der Waals surface area contributed by atoms with Crippen LogP contribution in [0, 0.1) is 13.8 Å². The minimum Gasteiger partial charge on any atom is -0.481 e. The van der Waals surface area contributed by atoms with E-state index < -0.39 is 5.97 Å². The van der Waals surface area contributed by atoms with Crippen molar-refractivity contribution >= 4 is 32.9 Å².